The zero-order chi connectivity index (χ0) is 13.0. The number of hydrogen-bond donors (Lipinski definition) is 1. The Labute approximate surface area is 107 Å². The molecule has 1 aliphatic heterocycles. The van der Waals surface area contributed by atoms with Gasteiger partial charge in [0.1, 0.15) is 11.6 Å². The number of halogens is 2. The van der Waals surface area contributed by atoms with Gasteiger partial charge < -0.3 is 10.2 Å². The highest BCUT2D eigenvalue weighted by Crippen LogP contribution is 2.23. The van der Waals surface area contributed by atoms with Crippen molar-refractivity contribution in [1.82, 2.24) is 10.2 Å². The molecule has 1 saturated heterocycles. The molecule has 1 aliphatic rings. The van der Waals surface area contributed by atoms with Crippen LogP contribution in [0.3, 0.4) is 0 Å². The van der Waals surface area contributed by atoms with Crippen LogP contribution >= 0.6 is 0 Å². The first kappa shape index (κ1) is 13.4. The van der Waals surface area contributed by atoms with Gasteiger partial charge in [-0.1, -0.05) is 13.0 Å². The summed E-state index contributed by atoms with van der Waals surface area (Å²) in [4.78, 5) is 2.38. The highest BCUT2D eigenvalue weighted by molar-refractivity contribution is 5.22. The molecular weight excluding hydrogens is 234 g/mol. The summed E-state index contributed by atoms with van der Waals surface area (Å²) in [6.45, 7) is 7.13. The molecule has 1 heterocycles. The second kappa shape index (κ2) is 6.25. The number of hydrogen-bond acceptors (Lipinski definition) is 2. The van der Waals surface area contributed by atoms with Gasteiger partial charge in [-0.3, -0.25) is 0 Å². The number of nitrogens with zero attached hydrogens (tertiary/aromatic N) is 1. The van der Waals surface area contributed by atoms with Crippen molar-refractivity contribution in [3.63, 3.8) is 0 Å². The van der Waals surface area contributed by atoms with E-state index in [-0.39, 0.29) is 5.92 Å². The Hall–Kier alpha value is -1.00. The third-order valence-electron chi connectivity index (χ3n) is 3.58. The van der Waals surface area contributed by atoms with E-state index in [0.717, 1.165) is 45.2 Å². The lowest BCUT2D eigenvalue weighted by Gasteiger charge is -2.28. The van der Waals surface area contributed by atoms with Crippen LogP contribution in [0.25, 0.3) is 0 Å². The van der Waals surface area contributed by atoms with Gasteiger partial charge in [0.25, 0.3) is 0 Å². The maximum atomic E-state index is 13.6. The molecular formula is C14H20F2N2. The van der Waals surface area contributed by atoms with E-state index < -0.39 is 11.6 Å². The van der Waals surface area contributed by atoms with Crippen molar-refractivity contribution < 1.29 is 8.78 Å². The maximum Gasteiger partial charge on any atom is 0.129 e. The number of rotatable bonds is 4. The van der Waals surface area contributed by atoms with Gasteiger partial charge in [-0.2, -0.15) is 0 Å². The van der Waals surface area contributed by atoms with E-state index in [1.54, 1.807) is 6.07 Å². The molecule has 18 heavy (non-hydrogen) atoms. The molecule has 2 nitrogen and oxygen atoms in total. The van der Waals surface area contributed by atoms with Crippen molar-refractivity contribution in [2.75, 3.05) is 32.7 Å². The van der Waals surface area contributed by atoms with Crippen LogP contribution in [-0.2, 0) is 0 Å². The van der Waals surface area contributed by atoms with Crippen molar-refractivity contribution in [2.45, 2.75) is 19.3 Å². The zero-order valence-corrected chi connectivity index (χ0v) is 10.8. The summed E-state index contributed by atoms with van der Waals surface area (Å²) in [5, 5.41) is 3.31. The standard InChI is InChI=1S/C14H20F2N2/c1-11(4-7-18-8-5-17-6-9-18)13-3-2-12(15)10-14(13)16/h2-3,10-11,17H,4-9H2,1H3. The minimum Gasteiger partial charge on any atom is -0.314 e. The summed E-state index contributed by atoms with van der Waals surface area (Å²) in [5.74, 6) is -0.811. The first-order valence-corrected chi connectivity index (χ1v) is 6.55. The summed E-state index contributed by atoms with van der Waals surface area (Å²) >= 11 is 0. The van der Waals surface area contributed by atoms with Crippen molar-refractivity contribution in [2.24, 2.45) is 0 Å². The van der Waals surface area contributed by atoms with Crippen molar-refractivity contribution in [3.8, 4) is 0 Å². The molecule has 4 heteroatoms. The summed E-state index contributed by atoms with van der Waals surface area (Å²) in [7, 11) is 0. The molecule has 2 rings (SSSR count). The molecule has 1 unspecified atom stereocenters. The summed E-state index contributed by atoms with van der Waals surface area (Å²) < 4.78 is 26.4. The van der Waals surface area contributed by atoms with E-state index in [1.165, 1.54) is 6.07 Å². The molecule has 1 atom stereocenters. The molecule has 1 fully saturated rings. The molecule has 0 aromatic heterocycles. The lowest BCUT2D eigenvalue weighted by molar-refractivity contribution is 0.233. The third-order valence-corrected chi connectivity index (χ3v) is 3.58. The minimum absolute atomic E-state index is 0.125. The fourth-order valence-electron chi connectivity index (χ4n) is 2.37. The van der Waals surface area contributed by atoms with Crippen LogP contribution in [0.4, 0.5) is 8.78 Å². The van der Waals surface area contributed by atoms with Gasteiger partial charge in [-0.15, -0.1) is 0 Å². The number of piperazine rings is 1. The predicted molar refractivity (Wildman–Crippen MR) is 68.7 cm³/mol. The van der Waals surface area contributed by atoms with Crippen LogP contribution in [0.5, 0.6) is 0 Å². The Morgan fingerprint density at radius 1 is 1.28 bits per heavy atom. The highest BCUT2D eigenvalue weighted by atomic mass is 19.1. The predicted octanol–water partition coefficient (Wildman–Crippen LogP) is 2.36. The fourth-order valence-corrected chi connectivity index (χ4v) is 2.37. The molecule has 0 bridgehead atoms. The first-order chi connectivity index (χ1) is 8.66. The molecule has 100 valence electrons. The average molecular weight is 254 g/mol. The molecule has 0 radical (unpaired) electrons. The van der Waals surface area contributed by atoms with Crippen molar-refractivity contribution in [1.29, 1.82) is 0 Å². The lowest BCUT2D eigenvalue weighted by Crippen LogP contribution is -2.43. The average Bonchev–Trinajstić information content (AvgIpc) is 2.37. The van der Waals surface area contributed by atoms with Crippen LogP contribution in [0.2, 0.25) is 0 Å². The Bertz CT molecular complexity index is 389. The topological polar surface area (TPSA) is 15.3 Å². The lowest BCUT2D eigenvalue weighted by atomic mass is 9.97. The van der Waals surface area contributed by atoms with Crippen LogP contribution in [-0.4, -0.2) is 37.6 Å². The largest absolute Gasteiger partial charge is 0.314 e. The second-order valence-electron chi connectivity index (χ2n) is 4.95. The van der Waals surface area contributed by atoms with Crippen LogP contribution in [0.15, 0.2) is 18.2 Å². The Balaban J connectivity index is 1.88. The molecule has 0 amide bonds. The van der Waals surface area contributed by atoms with Gasteiger partial charge in [0.05, 0.1) is 0 Å². The Morgan fingerprint density at radius 3 is 2.67 bits per heavy atom. The van der Waals surface area contributed by atoms with E-state index >= 15 is 0 Å². The number of nitrogens with one attached hydrogen (secondary N) is 1. The zero-order valence-electron chi connectivity index (χ0n) is 10.8. The van der Waals surface area contributed by atoms with E-state index in [4.69, 9.17) is 0 Å². The fraction of sp³-hybridized carbons (Fsp3) is 0.571. The van der Waals surface area contributed by atoms with Crippen molar-refractivity contribution in [3.05, 3.63) is 35.4 Å². The summed E-state index contributed by atoms with van der Waals surface area (Å²) in [5.41, 5.74) is 0.617. The summed E-state index contributed by atoms with van der Waals surface area (Å²) in [6, 6.07) is 3.86. The Kier molecular flexibility index (Phi) is 4.66. The number of benzene rings is 1. The molecule has 0 aliphatic carbocycles. The minimum atomic E-state index is -0.509. The van der Waals surface area contributed by atoms with Gasteiger partial charge in [-0.25, -0.2) is 8.78 Å². The molecule has 0 saturated carbocycles. The van der Waals surface area contributed by atoms with E-state index in [1.807, 2.05) is 6.92 Å². The highest BCUT2D eigenvalue weighted by Gasteiger charge is 2.14. The van der Waals surface area contributed by atoms with Gasteiger partial charge in [0.2, 0.25) is 0 Å². The monoisotopic (exact) mass is 254 g/mol. The Morgan fingerprint density at radius 2 is 2.00 bits per heavy atom. The molecule has 1 aromatic rings. The van der Waals surface area contributed by atoms with Gasteiger partial charge in [-0.05, 0) is 30.5 Å². The quantitative estimate of drug-likeness (QED) is 0.887. The van der Waals surface area contributed by atoms with E-state index in [2.05, 4.69) is 10.2 Å². The third kappa shape index (κ3) is 3.50. The first-order valence-electron chi connectivity index (χ1n) is 6.55. The van der Waals surface area contributed by atoms with Crippen LogP contribution in [0, 0.1) is 11.6 Å². The van der Waals surface area contributed by atoms with E-state index in [0.29, 0.717) is 5.56 Å². The molecule has 0 spiro atoms. The second-order valence-corrected chi connectivity index (χ2v) is 4.95. The molecule has 1 N–H and O–H groups in total. The SMILES string of the molecule is CC(CCN1CCNCC1)c1ccc(F)cc1F. The smallest absolute Gasteiger partial charge is 0.129 e. The summed E-state index contributed by atoms with van der Waals surface area (Å²) in [6.07, 6.45) is 0.905. The van der Waals surface area contributed by atoms with Gasteiger partial charge >= 0.3 is 0 Å². The van der Waals surface area contributed by atoms with Crippen LogP contribution in [0.1, 0.15) is 24.8 Å². The van der Waals surface area contributed by atoms with Gasteiger partial charge in [0.15, 0.2) is 0 Å². The molecule has 1 aromatic carbocycles. The van der Waals surface area contributed by atoms with Crippen LogP contribution < -0.4 is 5.32 Å². The van der Waals surface area contributed by atoms with Crippen molar-refractivity contribution >= 4 is 0 Å². The normalized spacial score (nSPS) is 18.8. The van der Waals surface area contributed by atoms with E-state index in [9.17, 15) is 8.78 Å². The maximum absolute atomic E-state index is 13.6. The van der Waals surface area contributed by atoms with Gasteiger partial charge in [0, 0.05) is 32.2 Å².